The number of aliphatic hydroxyl groups excluding tert-OH is 1. The fourth-order valence-electron chi connectivity index (χ4n) is 5.11. The Morgan fingerprint density at radius 2 is 1.39 bits per heavy atom. The highest BCUT2D eigenvalue weighted by Gasteiger charge is 2.50. The summed E-state index contributed by atoms with van der Waals surface area (Å²) in [6.07, 6.45) is 4.49. The average Bonchev–Trinajstić information content (AvgIpc) is 2.79. The van der Waals surface area contributed by atoms with Gasteiger partial charge in [-0.25, -0.2) is 0 Å². The van der Waals surface area contributed by atoms with Gasteiger partial charge in [0.15, 0.2) is 0 Å². The average molecular weight is 505 g/mol. The molecule has 0 saturated heterocycles. The van der Waals surface area contributed by atoms with Gasteiger partial charge in [-0.15, -0.1) is 0 Å². The number of benzene rings is 2. The van der Waals surface area contributed by atoms with Crippen LogP contribution in [0.3, 0.4) is 0 Å². The lowest BCUT2D eigenvalue weighted by Crippen LogP contribution is -2.66. The van der Waals surface area contributed by atoms with Crippen molar-refractivity contribution >= 4 is 18.7 Å². The number of aliphatic hydroxyl groups is 1. The van der Waals surface area contributed by atoms with Crippen molar-refractivity contribution in [2.75, 3.05) is 6.61 Å². The topological polar surface area (TPSA) is 29.5 Å². The van der Waals surface area contributed by atoms with Crippen molar-refractivity contribution < 1.29 is 9.53 Å². The first kappa shape index (κ1) is 30.0. The molecule has 0 radical (unpaired) electrons. The standard InChI is InChI=1S/C33H48O2Si/c1-25(24-32(5,6)7)23-27(3)31(34)28(4)26(2)21-22-35-36(33(8,9)10,29-17-13-11-14-18-29)30-19-15-12-16-20-30/h11-20,23-24,28,31,34H,2,21-22H2,1,3-10H3/b25-24+,27-23+/t28-,31-/m0/s1. The normalized spacial score (nSPS) is 15.5. The van der Waals surface area contributed by atoms with E-state index in [2.05, 4.69) is 135 Å². The van der Waals surface area contributed by atoms with Gasteiger partial charge in [-0.1, -0.05) is 139 Å². The molecule has 2 nitrogen and oxygen atoms in total. The van der Waals surface area contributed by atoms with Crippen LogP contribution in [0.15, 0.2) is 96.1 Å². The molecule has 0 aliphatic heterocycles. The summed E-state index contributed by atoms with van der Waals surface area (Å²) in [7, 11) is -2.57. The maximum Gasteiger partial charge on any atom is 0.261 e. The van der Waals surface area contributed by atoms with Gasteiger partial charge in [0.1, 0.15) is 0 Å². The summed E-state index contributed by atoms with van der Waals surface area (Å²) in [6.45, 7) is 24.5. The summed E-state index contributed by atoms with van der Waals surface area (Å²) in [5, 5.41) is 13.6. The lowest BCUT2D eigenvalue weighted by molar-refractivity contribution is 0.164. The van der Waals surface area contributed by atoms with E-state index >= 15 is 0 Å². The molecule has 2 rings (SSSR count). The Labute approximate surface area is 221 Å². The van der Waals surface area contributed by atoms with Crippen LogP contribution in [0, 0.1) is 11.3 Å². The number of hydrogen-bond donors (Lipinski definition) is 1. The molecule has 0 amide bonds. The van der Waals surface area contributed by atoms with Gasteiger partial charge >= 0.3 is 0 Å². The molecule has 0 aromatic heterocycles. The minimum Gasteiger partial charge on any atom is -0.407 e. The second-order valence-corrected chi connectivity index (χ2v) is 16.6. The van der Waals surface area contributed by atoms with Crippen LogP contribution < -0.4 is 10.4 Å². The first-order chi connectivity index (χ1) is 16.7. The SMILES string of the molecule is C=C(CCO[Si](c1ccccc1)(c1ccccc1)C(C)(C)C)[C@H](C)[C@@H](O)/C(C)=C/C(C)=C/C(C)(C)C. The van der Waals surface area contributed by atoms with Crippen molar-refractivity contribution in [3.63, 3.8) is 0 Å². The largest absolute Gasteiger partial charge is 0.407 e. The van der Waals surface area contributed by atoms with Crippen LogP contribution in [0.2, 0.25) is 5.04 Å². The molecule has 0 bridgehead atoms. The smallest absolute Gasteiger partial charge is 0.261 e. The van der Waals surface area contributed by atoms with Crippen LogP contribution in [0.1, 0.15) is 68.7 Å². The second-order valence-electron chi connectivity index (χ2n) is 12.3. The molecular formula is C33H48O2Si. The monoisotopic (exact) mass is 504 g/mol. The quantitative estimate of drug-likeness (QED) is 0.207. The van der Waals surface area contributed by atoms with Crippen LogP contribution in [-0.4, -0.2) is 26.1 Å². The predicted molar refractivity (Wildman–Crippen MR) is 159 cm³/mol. The Kier molecular flexibility index (Phi) is 10.3. The molecule has 0 heterocycles. The van der Waals surface area contributed by atoms with Crippen molar-refractivity contribution in [2.45, 2.75) is 79.9 Å². The fourth-order valence-corrected chi connectivity index (χ4v) is 9.67. The van der Waals surface area contributed by atoms with Crippen LogP contribution in [0.25, 0.3) is 0 Å². The maximum atomic E-state index is 11.1. The summed E-state index contributed by atoms with van der Waals surface area (Å²) in [4.78, 5) is 0. The summed E-state index contributed by atoms with van der Waals surface area (Å²) in [5.74, 6) is -0.0496. The minimum atomic E-state index is -2.57. The fraction of sp³-hybridized carbons (Fsp3) is 0.455. The van der Waals surface area contributed by atoms with Gasteiger partial charge in [0.25, 0.3) is 8.32 Å². The van der Waals surface area contributed by atoms with Gasteiger partial charge < -0.3 is 9.53 Å². The van der Waals surface area contributed by atoms with E-state index in [4.69, 9.17) is 4.43 Å². The first-order valence-corrected chi connectivity index (χ1v) is 15.1. The zero-order valence-corrected chi connectivity index (χ0v) is 25.1. The number of hydrogen-bond acceptors (Lipinski definition) is 2. The van der Waals surface area contributed by atoms with Crippen molar-refractivity contribution in [3.05, 3.63) is 96.1 Å². The minimum absolute atomic E-state index is 0.0496. The molecule has 1 N–H and O–H groups in total. The van der Waals surface area contributed by atoms with Crippen molar-refractivity contribution in [3.8, 4) is 0 Å². The lowest BCUT2D eigenvalue weighted by atomic mass is 9.88. The highest BCUT2D eigenvalue weighted by Crippen LogP contribution is 2.37. The Morgan fingerprint density at radius 3 is 1.81 bits per heavy atom. The molecule has 0 spiro atoms. The second kappa shape index (κ2) is 12.4. The maximum absolute atomic E-state index is 11.1. The van der Waals surface area contributed by atoms with Gasteiger partial charge in [-0.05, 0) is 46.7 Å². The van der Waals surface area contributed by atoms with E-state index in [1.807, 2.05) is 6.92 Å². The Morgan fingerprint density at radius 1 is 0.917 bits per heavy atom. The van der Waals surface area contributed by atoms with Gasteiger partial charge in [0.2, 0.25) is 0 Å². The first-order valence-electron chi connectivity index (χ1n) is 13.2. The molecule has 0 aliphatic carbocycles. The predicted octanol–water partition coefficient (Wildman–Crippen LogP) is 7.45. The van der Waals surface area contributed by atoms with Gasteiger partial charge in [0, 0.05) is 12.5 Å². The molecular weight excluding hydrogens is 456 g/mol. The van der Waals surface area contributed by atoms with Crippen molar-refractivity contribution in [2.24, 2.45) is 11.3 Å². The summed E-state index contributed by atoms with van der Waals surface area (Å²) < 4.78 is 7.02. The van der Waals surface area contributed by atoms with Gasteiger partial charge in [-0.2, -0.15) is 0 Å². The number of rotatable bonds is 10. The van der Waals surface area contributed by atoms with Crippen molar-refractivity contribution in [1.29, 1.82) is 0 Å². The molecule has 36 heavy (non-hydrogen) atoms. The molecule has 0 fully saturated rings. The van der Waals surface area contributed by atoms with Crippen molar-refractivity contribution in [1.82, 2.24) is 0 Å². The summed E-state index contributed by atoms with van der Waals surface area (Å²) >= 11 is 0. The molecule has 2 atom stereocenters. The van der Waals surface area contributed by atoms with Crippen LogP contribution in [0.4, 0.5) is 0 Å². The van der Waals surface area contributed by atoms with E-state index in [1.165, 1.54) is 15.9 Å². The molecule has 0 unspecified atom stereocenters. The Hall–Kier alpha value is -2.20. The third-order valence-electron chi connectivity index (χ3n) is 6.86. The number of allylic oxidation sites excluding steroid dienone is 3. The van der Waals surface area contributed by atoms with E-state index in [9.17, 15) is 5.11 Å². The van der Waals surface area contributed by atoms with Crippen LogP contribution >= 0.6 is 0 Å². The van der Waals surface area contributed by atoms with E-state index in [0.717, 1.165) is 11.1 Å². The third kappa shape index (κ3) is 7.65. The molecule has 196 valence electrons. The Bertz CT molecular complexity index is 997. The van der Waals surface area contributed by atoms with E-state index in [-0.39, 0.29) is 16.4 Å². The molecule has 2 aromatic carbocycles. The van der Waals surface area contributed by atoms with E-state index in [1.54, 1.807) is 0 Å². The van der Waals surface area contributed by atoms with Gasteiger partial charge in [-0.3, -0.25) is 0 Å². The zero-order valence-electron chi connectivity index (χ0n) is 24.1. The van der Waals surface area contributed by atoms with E-state index in [0.29, 0.717) is 13.0 Å². The summed E-state index contributed by atoms with van der Waals surface area (Å²) in [5.41, 5.74) is 3.27. The lowest BCUT2D eigenvalue weighted by Gasteiger charge is -2.43. The van der Waals surface area contributed by atoms with Gasteiger partial charge in [0.05, 0.1) is 6.10 Å². The highest BCUT2D eigenvalue weighted by molar-refractivity contribution is 6.99. The summed E-state index contributed by atoms with van der Waals surface area (Å²) in [6, 6.07) is 21.4. The molecule has 2 aromatic rings. The molecule has 0 saturated carbocycles. The molecule has 0 aliphatic rings. The third-order valence-corrected chi connectivity index (χ3v) is 11.9. The van der Waals surface area contributed by atoms with E-state index < -0.39 is 14.4 Å². The highest BCUT2D eigenvalue weighted by atomic mass is 28.4. The Balaban J connectivity index is 2.23. The molecule has 3 heteroatoms. The van der Waals surface area contributed by atoms with Crippen LogP contribution in [0.5, 0.6) is 0 Å². The van der Waals surface area contributed by atoms with Crippen LogP contribution in [-0.2, 0) is 4.43 Å². The zero-order chi connectivity index (χ0) is 27.1.